The summed E-state index contributed by atoms with van der Waals surface area (Å²) in [5.41, 5.74) is 5.23. The second kappa shape index (κ2) is 14.0. The summed E-state index contributed by atoms with van der Waals surface area (Å²) in [6, 6.07) is 9.77. The fourth-order valence-electron chi connectivity index (χ4n) is 3.95. The summed E-state index contributed by atoms with van der Waals surface area (Å²) in [5.74, 6) is -0.223. The van der Waals surface area contributed by atoms with Crippen molar-refractivity contribution in [2.45, 2.75) is 33.2 Å². The number of allylic oxidation sites excluding steroid dienone is 2. The molecule has 0 bridgehead atoms. The normalized spacial score (nSPS) is 14.8. The van der Waals surface area contributed by atoms with Crippen molar-refractivity contribution in [2.75, 3.05) is 19.8 Å². The molecule has 39 heavy (non-hydrogen) atoms. The number of hydrazone groups is 1. The van der Waals surface area contributed by atoms with Gasteiger partial charge in [-0.2, -0.15) is 5.10 Å². The summed E-state index contributed by atoms with van der Waals surface area (Å²) in [7, 11) is 0. The molecule has 0 fully saturated rings. The average molecular weight is 553 g/mol. The Morgan fingerprint density at radius 2 is 1.95 bits per heavy atom. The molecule has 2 aromatic rings. The summed E-state index contributed by atoms with van der Waals surface area (Å²) in [6.07, 6.45) is 3.55. The number of thiocarbonyl (C=S) groups is 1. The van der Waals surface area contributed by atoms with Gasteiger partial charge in [0, 0.05) is 16.8 Å². The first-order chi connectivity index (χ1) is 18.8. The van der Waals surface area contributed by atoms with Crippen molar-refractivity contribution in [1.29, 1.82) is 0 Å². The van der Waals surface area contributed by atoms with Crippen LogP contribution in [0.25, 0.3) is 0 Å². The minimum absolute atomic E-state index is 0.0464. The van der Waals surface area contributed by atoms with E-state index < -0.39 is 17.9 Å². The largest absolute Gasteiger partial charge is 0.504 e. The van der Waals surface area contributed by atoms with E-state index in [1.54, 1.807) is 56.3 Å². The number of hydrogen-bond donors (Lipinski definition) is 4. The molecule has 11 heteroatoms. The van der Waals surface area contributed by atoms with Crippen LogP contribution in [0.1, 0.15) is 43.5 Å². The van der Waals surface area contributed by atoms with Crippen molar-refractivity contribution >= 4 is 35.4 Å². The van der Waals surface area contributed by atoms with Crippen LogP contribution in [0.2, 0.25) is 0 Å². The third-order valence-corrected chi connectivity index (χ3v) is 5.82. The quantitative estimate of drug-likeness (QED) is 0.103. The minimum Gasteiger partial charge on any atom is -0.504 e. The highest BCUT2D eigenvalue weighted by molar-refractivity contribution is 7.80. The van der Waals surface area contributed by atoms with E-state index in [2.05, 4.69) is 27.7 Å². The number of amides is 1. The van der Waals surface area contributed by atoms with Crippen LogP contribution in [-0.2, 0) is 20.7 Å². The first-order valence-electron chi connectivity index (χ1n) is 12.4. The number of ether oxygens (including phenoxy) is 3. The highest BCUT2D eigenvalue weighted by Gasteiger charge is 2.32. The lowest BCUT2D eigenvalue weighted by Crippen LogP contribution is -2.45. The Hall–Kier alpha value is -4.38. The number of para-hydroxylation sites is 1. The van der Waals surface area contributed by atoms with E-state index in [9.17, 15) is 14.7 Å². The number of hydrogen-bond acceptors (Lipinski definition) is 8. The van der Waals surface area contributed by atoms with Crippen LogP contribution in [-0.4, -0.2) is 48.1 Å². The van der Waals surface area contributed by atoms with E-state index in [4.69, 9.17) is 26.4 Å². The van der Waals surface area contributed by atoms with Gasteiger partial charge in [-0.3, -0.25) is 4.79 Å². The molecule has 0 radical (unpaired) electrons. The summed E-state index contributed by atoms with van der Waals surface area (Å²) in [6.45, 7) is 9.26. The number of aromatic hydroxyl groups is 1. The van der Waals surface area contributed by atoms with Crippen molar-refractivity contribution in [3.8, 4) is 17.2 Å². The van der Waals surface area contributed by atoms with Crippen molar-refractivity contribution < 1.29 is 28.9 Å². The van der Waals surface area contributed by atoms with E-state index in [1.807, 2.05) is 6.92 Å². The first-order valence-corrected chi connectivity index (χ1v) is 12.8. The number of phenols is 1. The van der Waals surface area contributed by atoms with E-state index in [1.165, 1.54) is 6.21 Å². The van der Waals surface area contributed by atoms with Crippen LogP contribution in [0, 0.1) is 0 Å². The van der Waals surface area contributed by atoms with E-state index >= 15 is 0 Å². The van der Waals surface area contributed by atoms with Crippen LogP contribution in [0.15, 0.2) is 65.4 Å². The fraction of sp³-hybridized carbons (Fsp3) is 0.286. The van der Waals surface area contributed by atoms with Gasteiger partial charge in [0.1, 0.15) is 5.75 Å². The zero-order valence-electron chi connectivity index (χ0n) is 22.1. The maximum Gasteiger partial charge on any atom is 0.338 e. The maximum atomic E-state index is 12.7. The molecule has 0 saturated heterocycles. The average Bonchev–Trinajstić information content (AvgIpc) is 2.90. The number of nitrogens with zero attached hydrogens (tertiary/aromatic N) is 1. The van der Waals surface area contributed by atoms with Gasteiger partial charge < -0.3 is 30.0 Å². The molecule has 2 aromatic carbocycles. The Balaban J connectivity index is 1.72. The molecule has 1 atom stereocenters. The van der Waals surface area contributed by atoms with E-state index in [0.717, 1.165) is 0 Å². The lowest BCUT2D eigenvalue weighted by molar-refractivity contribution is -0.139. The number of carbonyl (C=O) groups is 2. The topological polar surface area (TPSA) is 131 Å². The second-order valence-electron chi connectivity index (χ2n) is 8.36. The van der Waals surface area contributed by atoms with Crippen LogP contribution in [0.5, 0.6) is 17.2 Å². The molecule has 1 amide bonds. The number of rotatable bonds is 12. The van der Waals surface area contributed by atoms with Gasteiger partial charge in [-0.1, -0.05) is 24.3 Å². The lowest BCUT2D eigenvalue weighted by Gasteiger charge is -2.30. The smallest absolute Gasteiger partial charge is 0.338 e. The van der Waals surface area contributed by atoms with Gasteiger partial charge in [-0.15, -0.1) is 6.58 Å². The fourth-order valence-corrected chi connectivity index (χ4v) is 4.22. The molecule has 1 heterocycles. The van der Waals surface area contributed by atoms with Crippen molar-refractivity contribution in [3.63, 3.8) is 0 Å². The van der Waals surface area contributed by atoms with Crippen LogP contribution >= 0.6 is 12.2 Å². The molecule has 10 nitrogen and oxygen atoms in total. The Bertz CT molecular complexity index is 1310. The highest BCUT2D eigenvalue weighted by Crippen LogP contribution is 2.34. The molecular weight excluding hydrogens is 520 g/mol. The Morgan fingerprint density at radius 1 is 1.18 bits per heavy atom. The van der Waals surface area contributed by atoms with Crippen molar-refractivity contribution in [1.82, 2.24) is 16.1 Å². The predicted octanol–water partition coefficient (Wildman–Crippen LogP) is 3.40. The Kier molecular flexibility index (Phi) is 10.4. The lowest BCUT2D eigenvalue weighted by atomic mass is 9.95. The van der Waals surface area contributed by atoms with Crippen molar-refractivity contribution in [3.05, 3.63) is 77.0 Å². The standard InChI is InChI=1S/C28H32N4O6S/c1-5-10-19-13-18(14-22(26(19)34)36-6-2)15-29-32-23(33)16-38-21-12-9-8-11-20(21)25-24(27(35)37-7-3)17(4)30-28(39)31-25/h5,8-9,11-15,25,34H,1,6-7,10,16H2,2-4H3,(H,32,33)(H2,30,31,39)/t25-/m1/s1. The highest BCUT2D eigenvalue weighted by atomic mass is 32.1. The predicted molar refractivity (Wildman–Crippen MR) is 152 cm³/mol. The Morgan fingerprint density at radius 3 is 2.67 bits per heavy atom. The summed E-state index contributed by atoms with van der Waals surface area (Å²) in [4.78, 5) is 25.2. The molecule has 0 aliphatic carbocycles. The number of esters is 1. The van der Waals surface area contributed by atoms with Gasteiger partial charge in [0.05, 0.1) is 31.0 Å². The van der Waals surface area contributed by atoms with Gasteiger partial charge >= 0.3 is 5.97 Å². The summed E-state index contributed by atoms with van der Waals surface area (Å²) >= 11 is 5.30. The monoisotopic (exact) mass is 552 g/mol. The van der Waals surface area contributed by atoms with E-state index in [0.29, 0.717) is 57.6 Å². The molecule has 206 valence electrons. The molecule has 3 rings (SSSR count). The van der Waals surface area contributed by atoms with Gasteiger partial charge in [-0.25, -0.2) is 10.2 Å². The SMILES string of the molecule is C=CCc1cc(C=NNC(=O)COc2ccccc2[C@H]2NC(=S)NC(C)=C2C(=O)OCC)cc(OCC)c1O. The zero-order chi connectivity index (χ0) is 28.4. The van der Waals surface area contributed by atoms with Crippen LogP contribution in [0.4, 0.5) is 0 Å². The number of benzene rings is 2. The van der Waals surface area contributed by atoms with E-state index in [-0.39, 0.29) is 19.0 Å². The van der Waals surface area contributed by atoms with Crippen molar-refractivity contribution in [2.24, 2.45) is 5.10 Å². The molecule has 1 aliphatic rings. The molecule has 0 aromatic heterocycles. The van der Waals surface area contributed by atoms with Gasteiger partial charge in [-0.05, 0) is 63.2 Å². The summed E-state index contributed by atoms with van der Waals surface area (Å²) < 4.78 is 16.5. The summed E-state index contributed by atoms with van der Waals surface area (Å²) in [5, 5.41) is 20.7. The number of phenolic OH excluding ortho intramolecular Hbond substituents is 1. The molecular formula is C28H32N4O6S. The van der Waals surface area contributed by atoms with Gasteiger partial charge in [0.2, 0.25) is 0 Å². The number of carbonyl (C=O) groups excluding carboxylic acids is 2. The van der Waals surface area contributed by atoms with Gasteiger partial charge in [0.25, 0.3) is 5.91 Å². The number of nitrogens with one attached hydrogen (secondary N) is 3. The molecule has 1 aliphatic heterocycles. The molecule has 0 unspecified atom stereocenters. The van der Waals surface area contributed by atoms with Crippen LogP contribution < -0.4 is 25.5 Å². The molecule has 0 saturated carbocycles. The van der Waals surface area contributed by atoms with Crippen LogP contribution in [0.3, 0.4) is 0 Å². The zero-order valence-corrected chi connectivity index (χ0v) is 22.9. The Labute approximate surface area is 232 Å². The molecule has 4 N–H and O–H groups in total. The minimum atomic E-state index is -0.631. The first kappa shape index (κ1) is 29.2. The molecule has 0 spiro atoms. The van der Waals surface area contributed by atoms with Gasteiger partial charge in [0.15, 0.2) is 23.2 Å². The second-order valence-corrected chi connectivity index (χ2v) is 8.77. The third-order valence-electron chi connectivity index (χ3n) is 5.60. The third kappa shape index (κ3) is 7.57. The maximum absolute atomic E-state index is 12.7.